The second-order valence-electron chi connectivity index (χ2n) is 9.49. The van der Waals surface area contributed by atoms with E-state index < -0.39 is 5.41 Å². The lowest BCUT2D eigenvalue weighted by Gasteiger charge is -2.34. The maximum absolute atomic E-state index is 6.29. The Bertz CT molecular complexity index is 1730. The first-order valence-corrected chi connectivity index (χ1v) is 12.7. The highest BCUT2D eigenvalue weighted by molar-refractivity contribution is 6.30. The highest BCUT2D eigenvalue weighted by atomic mass is 35.5. The Morgan fingerprint density at radius 3 is 1.86 bits per heavy atom. The molecule has 0 aliphatic heterocycles. The summed E-state index contributed by atoms with van der Waals surface area (Å²) in [7, 11) is 0. The molecular weight excluding hydrogens is 456 g/mol. The van der Waals surface area contributed by atoms with Gasteiger partial charge in [-0.2, -0.15) is 0 Å². The van der Waals surface area contributed by atoms with E-state index in [-0.39, 0.29) is 0 Å². The standard InChI is InChI=1S/C35H23Cl/c36-30-14-8-11-25(21-30)24-17-19-29(20-18-24)35(28-12-2-1-3-13-28)33-16-7-6-15-31(33)32-22-26-9-4-5-10-27(26)23-34(32)35/h1-23H. The molecule has 1 heteroatoms. The second kappa shape index (κ2) is 8.22. The molecule has 0 fully saturated rings. The molecule has 0 bridgehead atoms. The Kier molecular flexibility index (Phi) is 4.84. The van der Waals surface area contributed by atoms with Crippen molar-refractivity contribution in [2.45, 2.75) is 5.41 Å². The molecule has 1 aliphatic carbocycles. The molecule has 170 valence electrons. The quantitative estimate of drug-likeness (QED) is 0.237. The molecule has 0 heterocycles. The summed E-state index contributed by atoms with van der Waals surface area (Å²) in [5.41, 5.74) is 9.72. The molecule has 7 rings (SSSR count). The molecular formula is C35H23Cl. The first-order valence-electron chi connectivity index (χ1n) is 12.3. The van der Waals surface area contributed by atoms with Crippen LogP contribution >= 0.6 is 11.6 Å². The first kappa shape index (κ1) is 21.2. The second-order valence-corrected chi connectivity index (χ2v) is 9.93. The van der Waals surface area contributed by atoms with Crippen LogP contribution in [0.25, 0.3) is 33.0 Å². The van der Waals surface area contributed by atoms with Crippen LogP contribution in [-0.4, -0.2) is 0 Å². The van der Waals surface area contributed by atoms with Crippen LogP contribution in [0.3, 0.4) is 0 Å². The number of hydrogen-bond acceptors (Lipinski definition) is 0. The van der Waals surface area contributed by atoms with E-state index in [0.717, 1.165) is 16.1 Å². The topological polar surface area (TPSA) is 0 Å². The summed E-state index contributed by atoms with van der Waals surface area (Å²) in [5, 5.41) is 3.29. The van der Waals surface area contributed by atoms with Crippen molar-refractivity contribution in [1.82, 2.24) is 0 Å². The van der Waals surface area contributed by atoms with Gasteiger partial charge in [-0.05, 0) is 79.5 Å². The summed E-state index contributed by atoms with van der Waals surface area (Å²) >= 11 is 6.29. The molecule has 0 amide bonds. The van der Waals surface area contributed by atoms with Crippen LogP contribution in [0.15, 0.2) is 140 Å². The van der Waals surface area contributed by atoms with Crippen LogP contribution in [-0.2, 0) is 5.41 Å². The minimum atomic E-state index is -0.399. The van der Waals surface area contributed by atoms with E-state index in [1.165, 1.54) is 44.2 Å². The Labute approximate surface area is 216 Å². The van der Waals surface area contributed by atoms with Crippen molar-refractivity contribution >= 4 is 22.4 Å². The largest absolute Gasteiger partial charge is 0.0843 e. The van der Waals surface area contributed by atoms with Gasteiger partial charge in [0, 0.05) is 5.02 Å². The van der Waals surface area contributed by atoms with Gasteiger partial charge in [0.2, 0.25) is 0 Å². The lowest BCUT2D eigenvalue weighted by Crippen LogP contribution is -2.28. The average molecular weight is 479 g/mol. The zero-order valence-corrected chi connectivity index (χ0v) is 20.4. The van der Waals surface area contributed by atoms with Crippen LogP contribution in [0, 0.1) is 0 Å². The normalized spacial score (nSPS) is 16.0. The minimum Gasteiger partial charge on any atom is -0.0843 e. The molecule has 1 atom stereocenters. The van der Waals surface area contributed by atoms with Crippen LogP contribution in [0.1, 0.15) is 22.3 Å². The fraction of sp³-hybridized carbons (Fsp3) is 0.0286. The summed E-state index contributed by atoms with van der Waals surface area (Å²) < 4.78 is 0. The maximum atomic E-state index is 6.29. The molecule has 1 unspecified atom stereocenters. The van der Waals surface area contributed by atoms with Crippen molar-refractivity contribution in [3.05, 3.63) is 167 Å². The number of hydrogen-bond donors (Lipinski definition) is 0. The van der Waals surface area contributed by atoms with Crippen molar-refractivity contribution in [3.8, 4) is 22.3 Å². The van der Waals surface area contributed by atoms with Crippen molar-refractivity contribution in [2.75, 3.05) is 0 Å². The molecule has 0 saturated heterocycles. The molecule has 6 aromatic rings. The maximum Gasteiger partial charge on any atom is 0.0713 e. The van der Waals surface area contributed by atoms with Gasteiger partial charge in [-0.15, -0.1) is 0 Å². The molecule has 0 radical (unpaired) electrons. The van der Waals surface area contributed by atoms with Crippen molar-refractivity contribution < 1.29 is 0 Å². The molecule has 6 aromatic carbocycles. The fourth-order valence-electron chi connectivity index (χ4n) is 6.02. The highest BCUT2D eigenvalue weighted by Crippen LogP contribution is 2.56. The van der Waals surface area contributed by atoms with Gasteiger partial charge in [-0.3, -0.25) is 0 Å². The Hall–Kier alpha value is -4.13. The lowest BCUT2D eigenvalue weighted by molar-refractivity contribution is 0.769. The number of rotatable bonds is 3. The van der Waals surface area contributed by atoms with Gasteiger partial charge in [0.15, 0.2) is 0 Å². The molecule has 0 aromatic heterocycles. The summed E-state index contributed by atoms with van der Waals surface area (Å²) in [6.45, 7) is 0. The van der Waals surface area contributed by atoms with Crippen molar-refractivity contribution in [1.29, 1.82) is 0 Å². The predicted octanol–water partition coefficient (Wildman–Crippen LogP) is 9.52. The van der Waals surface area contributed by atoms with E-state index in [9.17, 15) is 0 Å². The van der Waals surface area contributed by atoms with Crippen LogP contribution in [0.4, 0.5) is 0 Å². The lowest BCUT2D eigenvalue weighted by atomic mass is 9.67. The molecule has 36 heavy (non-hydrogen) atoms. The van der Waals surface area contributed by atoms with Crippen LogP contribution < -0.4 is 0 Å². The van der Waals surface area contributed by atoms with E-state index >= 15 is 0 Å². The summed E-state index contributed by atoms with van der Waals surface area (Å²) in [4.78, 5) is 0. The molecule has 0 N–H and O–H groups in total. The smallest absolute Gasteiger partial charge is 0.0713 e. The van der Waals surface area contributed by atoms with E-state index in [1.54, 1.807) is 0 Å². The van der Waals surface area contributed by atoms with Crippen LogP contribution in [0.2, 0.25) is 5.02 Å². The van der Waals surface area contributed by atoms with Gasteiger partial charge < -0.3 is 0 Å². The van der Waals surface area contributed by atoms with Gasteiger partial charge >= 0.3 is 0 Å². The van der Waals surface area contributed by atoms with Crippen molar-refractivity contribution in [3.63, 3.8) is 0 Å². The van der Waals surface area contributed by atoms with E-state index in [0.29, 0.717) is 0 Å². The third-order valence-electron chi connectivity index (χ3n) is 7.59. The number of halogens is 1. The Morgan fingerprint density at radius 2 is 1.08 bits per heavy atom. The number of benzene rings is 6. The van der Waals surface area contributed by atoms with Crippen LogP contribution in [0.5, 0.6) is 0 Å². The average Bonchev–Trinajstić information content (AvgIpc) is 3.22. The van der Waals surface area contributed by atoms with E-state index in [2.05, 4.69) is 121 Å². The van der Waals surface area contributed by atoms with Gasteiger partial charge in [0.05, 0.1) is 5.41 Å². The van der Waals surface area contributed by atoms with E-state index in [4.69, 9.17) is 11.6 Å². The third-order valence-corrected chi connectivity index (χ3v) is 7.83. The third kappa shape index (κ3) is 3.08. The van der Waals surface area contributed by atoms with E-state index in [1.807, 2.05) is 18.2 Å². The molecule has 0 nitrogen and oxygen atoms in total. The SMILES string of the molecule is Clc1cccc(-c2ccc(C3(c4ccccc4)c4ccccc4-c4cc5ccccc5cc43)cc2)c1. The fourth-order valence-corrected chi connectivity index (χ4v) is 6.21. The molecule has 0 spiro atoms. The minimum absolute atomic E-state index is 0.399. The van der Waals surface area contributed by atoms with Gasteiger partial charge in [0.1, 0.15) is 0 Å². The molecule has 1 aliphatic rings. The first-order chi connectivity index (χ1) is 17.7. The highest BCUT2D eigenvalue weighted by Gasteiger charge is 2.46. The van der Waals surface area contributed by atoms with Crippen molar-refractivity contribution in [2.24, 2.45) is 0 Å². The Morgan fingerprint density at radius 1 is 0.417 bits per heavy atom. The predicted molar refractivity (Wildman–Crippen MR) is 152 cm³/mol. The van der Waals surface area contributed by atoms with Gasteiger partial charge in [-0.25, -0.2) is 0 Å². The summed E-state index contributed by atoms with van der Waals surface area (Å²) in [5.74, 6) is 0. The van der Waals surface area contributed by atoms with Gasteiger partial charge in [-0.1, -0.05) is 127 Å². The molecule has 0 saturated carbocycles. The van der Waals surface area contributed by atoms with Gasteiger partial charge in [0.25, 0.3) is 0 Å². The number of fused-ring (bicyclic) bond motifs is 4. The summed E-state index contributed by atoms with van der Waals surface area (Å²) in [6.07, 6.45) is 0. The monoisotopic (exact) mass is 478 g/mol. The summed E-state index contributed by atoms with van der Waals surface area (Å²) in [6, 6.07) is 50.4. The zero-order chi connectivity index (χ0) is 24.1. The Balaban J connectivity index is 1.55. The zero-order valence-electron chi connectivity index (χ0n) is 19.7.